The lowest BCUT2D eigenvalue weighted by atomic mass is 9.82. The summed E-state index contributed by atoms with van der Waals surface area (Å²) >= 11 is 12.3. The van der Waals surface area contributed by atoms with Gasteiger partial charge in [-0.05, 0) is 98.5 Å². The summed E-state index contributed by atoms with van der Waals surface area (Å²) in [6.45, 7) is 1.54. The molecule has 2 saturated carbocycles. The molecule has 8 rings (SSSR count). The van der Waals surface area contributed by atoms with Crippen molar-refractivity contribution in [2.24, 2.45) is 11.8 Å². The molecular formula is C44H38Cl2O12. The Morgan fingerprint density at radius 1 is 0.569 bits per heavy atom. The zero-order valence-corrected chi connectivity index (χ0v) is 32.4. The number of halogens is 2. The maximum atomic E-state index is 12.3. The molecule has 4 aromatic carbocycles. The maximum absolute atomic E-state index is 12.3. The van der Waals surface area contributed by atoms with Crippen molar-refractivity contribution in [1.29, 1.82) is 0 Å². The summed E-state index contributed by atoms with van der Waals surface area (Å²) in [6, 6.07) is 27.4. The van der Waals surface area contributed by atoms with Crippen LogP contribution in [-0.2, 0) is 19.1 Å². The predicted octanol–water partition coefficient (Wildman–Crippen LogP) is 8.74. The first kappa shape index (κ1) is 40.5. The maximum Gasteiger partial charge on any atom is 0.306 e. The van der Waals surface area contributed by atoms with E-state index in [1.54, 1.807) is 84.9 Å². The summed E-state index contributed by atoms with van der Waals surface area (Å²) in [5, 5.41) is 19.4. The lowest BCUT2D eigenvalue weighted by molar-refractivity contribution is -0.152. The number of hydrogen-bond acceptors (Lipinski definition) is 10. The summed E-state index contributed by atoms with van der Waals surface area (Å²) in [6.07, 6.45) is 2.25. The van der Waals surface area contributed by atoms with Gasteiger partial charge in [-0.2, -0.15) is 0 Å². The molecule has 2 aliphatic carbocycles. The van der Waals surface area contributed by atoms with Crippen LogP contribution in [0.4, 0.5) is 0 Å². The quantitative estimate of drug-likeness (QED) is 0.100. The van der Waals surface area contributed by atoms with Gasteiger partial charge in [0, 0.05) is 23.3 Å². The average molecular weight is 830 g/mol. The standard InChI is InChI=1S/2C22H19ClO6/c2*23-18-3-1-2-17-19(24)12-20(29-21(17)18)13-4-6-15(7-5-13)27-8-9-28-16-10-14(11-16)22(25)26/h2*1-7,12,14,16H,8-11H2,(H,25,26). The highest BCUT2D eigenvalue weighted by molar-refractivity contribution is 6.35. The third-order valence-electron chi connectivity index (χ3n) is 9.99. The largest absolute Gasteiger partial charge is 0.491 e. The number of ether oxygens (including phenoxy) is 4. The van der Waals surface area contributed by atoms with Crippen LogP contribution in [0.15, 0.2) is 115 Å². The topological polar surface area (TPSA) is 172 Å². The molecule has 58 heavy (non-hydrogen) atoms. The summed E-state index contributed by atoms with van der Waals surface area (Å²) in [4.78, 5) is 46.2. The van der Waals surface area contributed by atoms with Crippen molar-refractivity contribution in [3.63, 3.8) is 0 Å². The first-order chi connectivity index (χ1) is 28.0. The second-order valence-electron chi connectivity index (χ2n) is 13.9. The number of fused-ring (bicyclic) bond motifs is 2. The van der Waals surface area contributed by atoms with Crippen LogP contribution in [-0.4, -0.2) is 60.8 Å². The minimum atomic E-state index is -0.759. The van der Waals surface area contributed by atoms with Crippen LogP contribution in [0.5, 0.6) is 11.5 Å². The number of rotatable bonds is 14. The van der Waals surface area contributed by atoms with E-state index in [4.69, 9.17) is 61.2 Å². The van der Waals surface area contributed by atoms with E-state index in [2.05, 4.69) is 0 Å². The Labute approximate surface area is 341 Å². The van der Waals surface area contributed by atoms with E-state index in [0.717, 1.165) is 11.1 Å². The number of carboxylic acid groups (broad SMARTS) is 2. The number of aliphatic carboxylic acids is 2. The Kier molecular flexibility index (Phi) is 12.8. The number of para-hydroxylation sites is 2. The molecule has 0 radical (unpaired) electrons. The highest BCUT2D eigenvalue weighted by atomic mass is 35.5. The third kappa shape index (κ3) is 9.71. The molecule has 0 bridgehead atoms. The molecule has 0 saturated heterocycles. The fourth-order valence-corrected chi connectivity index (χ4v) is 6.98. The van der Waals surface area contributed by atoms with Crippen molar-refractivity contribution in [3.05, 3.63) is 128 Å². The predicted molar refractivity (Wildman–Crippen MR) is 217 cm³/mol. The molecule has 2 fully saturated rings. The molecule has 0 unspecified atom stereocenters. The zero-order chi connectivity index (χ0) is 40.8. The molecule has 0 aliphatic heterocycles. The Hall–Kier alpha value is -5.66. The molecule has 2 aliphatic rings. The Morgan fingerprint density at radius 3 is 1.31 bits per heavy atom. The Bertz CT molecular complexity index is 2340. The van der Waals surface area contributed by atoms with Gasteiger partial charge in [-0.15, -0.1) is 0 Å². The van der Waals surface area contributed by atoms with Gasteiger partial charge in [0.15, 0.2) is 22.0 Å². The molecular weight excluding hydrogens is 791 g/mol. The van der Waals surface area contributed by atoms with Gasteiger partial charge in [-0.25, -0.2) is 0 Å². The van der Waals surface area contributed by atoms with Crippen molar-refractivity contribution in [2.75, 3.05) is 26.4 Å². The van der Waals surface area contributed by atoms with Crippen LogP contribution in [0.1, 0.15) is 25.7 Å². The third-order valence-corrected chi connectivity index (χ3v) is 10.6. The normalized spacial score (nSPS) is 18.4. The van der Waals surface area contributed by atoms with Crippen LogP contribution < -0.4 is 20.3 Å². The van der Waals surface area contributed by atoms with Crippen molar-refractivity contribution >= 4 is 57.1 Å². The lowest BCUT2D eigenvalue weighted by Gasteiger charge is -2.31. The highest BCUT2D eigenvalue weighted by Crippen LogP contribution is 2.32. The van der Waals surface area contributed by atoms with Gasteiger partial charge >= 0.3 is 11.9 Å². The Balaban J connectivity index is 0.000000177. The molecule has 0 amide bonds. The fraction of sp³-hybridized carbons (Fsp3) is 0.273. The summed E-state index contributed by atoms with van der Waals surface area (Å²) in [7, 11) is 0. The smallest absolute Gasteiger partial charge is 0.306 e. The van der Waals surface area contributed by atoms with Crippen molar-refractivity contribution in [2.45, 2.75) is 37.9 Å². The van der Waals surface area contributed by atoms with Gasteiger partial charge in [-0.3, -0.25) is 19.2 Å². The van der Waals surface area contributed by atoms with Crippen LogP contribution in [0.3, 0.4) is 0 Å². The van der Waals surface area contributed by atoms with E-state index < -0.39 is 11.9 Å². The minimum absolute atomic E-state index is 0.00435. The van der Waals surface area contributed by atoms with Crippen LogP contribution >= 0.6 is 23.2 Å². The Morgan fingerprint density at radius 2 is 0.948 bits per heavy atom. The minimum Gasteiger partial charge on any atom is -0.491 e. The molecule has 2 N–H and O–H groups in total. The van der Waals surface area contributed by atoms with Gasteiger partial charge in [0.05, 0.1) is 58.1 Å². The van der Waals surface area contributed by atoms with Crippen molar-refractivity contribution in [3.8, 4) is 34.1 Å². The first-order valence-electron chi connectivity index (χ1n) is 18.6. The number of hydrogen-bond donors (Lipinski definition) is 2. The summed E-state index contributed by atoms with van der Waals surface area (Å²) < 4.78 is 34.1. The molecule has 6 aromatic rings. The highest BCUT2D eigenvalue weighted by Gasteiger charge is 2.35. The van der Waals surface area contributed by atoms with Crippen molar-refractivity contribution in [1.82, 2.24) is 0 Å². The summed E-state index contributed by atoms with van der Waals surface area (Å²) in [5.41, 5.74) is 1.92. The SMILES string of the molecule is O=C(O)C1CC(OCCOc2ccc(-c3cc(=O)c4cccc(Cl)c4o3)cc2)C1.O=C(O)C1CC(OCCOc2ccc(-c3cc(=O)c4cccc(Cl)c4o3)cc2)C1. The number of carboxylic acids is 2. The van der Waals surface area contributed by atoms with Gasteiger partial charge in [0.25, 0.3) is 0 Å². The zero-order valence-electron chi connectivity index (χ0n) is 30.9. The first-order valence-corrected chi connectivity index (χ1v) is 19.4. The molecule has 0 atom stereocenters. The van der Waals surface area contributed by atoms with E-state index in [9.17, 15) is 19.2 Å². The lowest BCUT2D eigenvalue weighted by Crippen LogP contribution is -2.36. The second-order valence-corrected chi connectivity index (χ2v) is 14.7. The molecule has 2 heterocycles. The van der Waals surface area contributed by atoms with Crippen LogP contribution in [0.25, 0.3) is 44.6 Å². The molecule has 12 nitrogen and oxygen atoms in total. The molecule has 2 aromatic heterocycles. The van der Waals surface area contributed by atoms with Gasteiger partial charge in [0.2, 0.25) is 0 Å². The molecule has 0 spiro atoms. The number of carbonyl (C=O) groups is 2. The van der Waals surface area contributed by atoms with E-state index >= 15 is 0 Å². The monoisotopic (exact) mass is 828 g/mol. The van der Waals surface area contributed by atoms with Crippen LogP contribution in [0.2, 0.25) is 10.0 Å². The average Bonchev–Trinajstić information content (AvgIpc) is 3.17. The van der Waals surface area contributed by atoms with E-state index in [-0.39, 0.29) is 34.9 Å². The van der Waals surface area contributed by atoms with E-state index in [1.807, 2.05) is 0 Å². The molecule has 300 valence electrons. The van der Waals surface area contributed by atoms with Crippen LogP contribution in [0, 0.1) is 11.8 Å². The molecule has 14 heteroatoms. The fourth-order valence-electron chi connectivity index (χ4n) is 6.56. The van der Waals surface area contributed by atoms with Gasteiger partial charge in [-0.1, -0.05) is 35.3 Å². The van der Waals surface area contributed by atoms with E-state index in [1.165, 1.54) is 12.1 Å². The second kappa shape index (κ2) is 18.3. The van der Waals surface area contributed by atoms with Gasteiger partial charge in [0.1, 0.15) is 36.2 Å². The number of benzene rings is 4. The van der Waals surface area contributed by atoms with Crippen molar-refractivity contribution < 1.29 is 47.6 Å². The van der Waals surface area contributed by atoms with Gasteiger partial charge < -0.3 is 38.0 Å². The summed E-state index contributed by atoms with van der Waals surface area (Å²) in [5.74, 6) is 0.117. The van der Waals surface area contributed by atoms with E-state index in [0.29, 0.717) is 107 Å².